The van der Waals surface area contributed by atoms with E-state index in [0.717, 1.165) is 0 Å². The van der Waals surface area contributed by atoms with Crippen molar-refractivity contribution in [3.8, 4) is 0 Å². The molecule has 0 amide bonds. The van der Waals surface area contributed by atoms with E-state index in [-0.39, 0.29) is 6.42 Å². The van der Waals surface area contributed by atoms with Crippen LogP contribution < -0.4 is 0 Å². The Bertz CT molecular complexity index is 285. The number of halogens is 3. The molecule has 0 spiro atoms. The first kappa shape index (κ1) is 14.7. The van der Waals surface area contributed by atoms with Gasteiger partial charge in [-0.2, -0.15) is 21.6 Å². The molecule has 0 fully saturated rings. The molecule has 15 heavy (non-hydrogen) atoms. The molecule has 0 heterocycles. The molecular formula is C7H13F3O4S. The fourth-order valence-corrected chi connectivity index (χ4v) is 1.27. The van der Waals surface area contributed by atoms with Crippen molar-refractivity contribution in [2.45, 2.75) is 32.5 Å². The Morgan fingerprint density at radius 2 is 1.87 bits per heavy atom. The van der Waals surface area contributed by atoms with E-state index in [1.54, 1.807) is 0 Å². The molecule has 0 radical (unpaired) electrons. The average Bonchev–Trinajstić information content (AvgIpc) is 1.99. The van der Waals surface area contributed by atoms with Gasteiger partial charge in [-0.15, -0.1) is 0 Å². The maximum Gasteiger partial charge on any atom is 0.414 e. The minimum atomic E-state index is -4.64. The zero-order chi connectivity index (χ0) is 12.3. The minimum Gasteiger partial charge on any atom is -0.350 e. The van der Waals surface area contributed by atoms with Crippen molar-refractivity contribution in [3.63, 3.8) is 0 Å². The molecule has 2 atom stereocenters. The number of ether oxygens (including phenoxy) is 1. The molecule has 92 valence electrons. The van der Waals surface area contributed by atoms with Crippen molar-refractivity contribution < 1.29 is 30.9 Å². The van der Waals surface area contributed by atoms with E-state index in [1.807, 2.05) is 0 Å². The zero-order valence-corrected chi connectivity index (χ0v) is 9.10. The van der Waals surface area contributed by atoms with E-state index in [1.165, 1.54) is 13.8 Å². The topological polar surface area (TPSA) is 63.6 Å². The van der Waals surface area contributed by atoms with Gasteiger partial charge in [0.1, 0.15) is 0 Å². The highest BCUT2D eigenvalue weighted by Gasteiger charge is 2.44. The first-order chi connectivity index (χ1) is 6.58. The Kier molecular flexibility index (Phi) is 5.01. The molecule has 0 aromatic rings. The van der Waals surface area contributed by atoms with Crippen LogP contribution in [0.1, 0.15) is 20.3 Å². The maximum absolute atomic E-state index is 12.3. The highest BCUT2D eigenvalue weighted by atomic mass is 32.2. The lowest BCUT2D eigenvalue weighted by molar-refractivity contribution is -0.229. The Morgan fingerprint density at radius 1 is 1.40 bits per heavy atom. The predicted octanol–water partition coefficient (Wildman–Crippen LogP) is 1.83. The van der Waals surface area contributed by atoms with Gasteiger partial charge in [-0.05, 0) is 5.92 Å². The van der Waals surface area contributed by atoms with Crippen molar-refractivity contribution >= 4 is 10.1 Å². The molecule has 2 unspecified atom stereocenters. The number of alkyl halides is 3. The van der Waals surface area contributed by atoms with Crippen molar-refractivity contribution in [1.29, 1.82) is 0 Å². The van der Waals surface area contributed by atoms with Crippen molar-refractivity contribution in [2.24, 2.45) is 5.92 Å². The van der Waals surface area contributed by atoms with E-state index < -0.39 is 34.3 Å². The Hall–Kier alpha value is -0.340. The normalized spacial score (nSPS) is 17.5. The van der Waals surface area contributed by atoms with Gasteiger partial charge in [-0.25, -0.2) is 0 Å². The molecular weight excluding hydrogens is 237 g/mol. The molecule has 0 aromatic heterocycles. The third kappa shape index (κ3) is 5.95. The van der Waals surface area contributed by atoms with Gasteiger partial charge in [0, 0.05) is 0 Å². The Labute approximate surface area is 86.2 Å². The second-order valence-corrected chi connectivity index (χ2v) is 4.61. The van der Waals surface area contributed by atoms with Crippen molar-refractivity contribution in [3.05, 3.63) is 0 Å². The standard InChI is InChI=1S/C7H13F3O4S/c1-3-5(2)6(7(8,9)10)14-4-15(11,12)13/h5-6H,3-4H2,1-2H3,(H,11,12,13). The summed E-state index contributed by atoms with van der Waals surface area (Å²) in [5.41, 5.74) is 0. The zero-order valence-electron chi connectivity index (χ0n) is 8.28. The summed E-state index contributed by atoms with van der Waals surface area (Å²) in [7, 11) is -4.54. The molecule has 0 bridgehead atoms. The summed E-state index contributed by atoms with van der Waals surface area (Å²) in [6.07, 6.45) is -6.63. The van der Waals surface area contributed by atoms with E-state index in [2.05, 4.69) is 4.74 Å². The van der Waals surface area contributed by atoms with Crippen LogP contribution in [0.2, 0.25) is 0 Å². The summed E-state index contributed by atoms with van der Waals surface area (Å²) in [6.45, 7) is 2.82. The van der Waals surface area contributed by atoms with Gasteiger partial charge >= 0.3 is 6.18 Å². The number of hydrogen-bond acceptors (Lipinski definition) is 3. The first-order valence-corrected chi connectivity index (χ1v) is 5.82. The highest BCUT2D eigenvalue weighted by Crippen LogP contribution is 2.30. The average molecular weight is 250 g/mol. The van der Waals surface area contributed by atoms with Crippen molar-refractivity contribution in [2.75, 3.05) is 5.94 Å². The van der Waals surface area contributed by atoms with Gasteiger partial charge in [0.2, 0.25) is 0 Å². The smallest absolute Gasteiger partial charge is 0.350 e. The molecule has 0 aromatic carbocycles. The van der Waals surface area contributed by atoms with Gasteiger partial charge < -0.3 is 4.74 Å². The van der Waals surface area contributed by atoms with Crippen LogP contribution in [0.3, 0.4) is 0 Å². The van der Waals surface area contributed by atoms with E-state index in [4.69, 9.17) is 4.55 Å². The molecule has 8 heteroatoms. The van der Waals surface area contributed by atoms with Crippen LogP contribution in [-0.2, 0) is 14.9 Å². The second kappa shape index (κ2) is 5.13. The number of rotatable bonds is 5. The van der Waals surface area contributed by atoms with Crippen molar-refractivity contribution in [1.82, 2.24) is 0 Å². The molecule has 0 aliphatic heterocycles. The quantitative estimate of drug-likeness (QED) is 0.756. The Balaban J connectivity index is 4.54. The van der Waals surface area contributed by atoms with Gasteiger partial charge in [-0.3, -0.25) is 4.55 Å². The van der Waals surface area contributed by atoms with Crippen LogP contribution in [0, 0.1) is 5.92 Å². The molecule has 4 nitrogen and oxygen atoms in total. The fourth-order valence-electron chi connectivity index (χ4n) is 0.955. The summed E-state index contributed by atoms with van der Waals surface area (Å²) in [6, 6.07) is 0. The van der Waals surface area contributed by atoms with Crippen LogP contribution in [0.15, 0.2) is 0 Å². The van der Waals surface area contributed by atoms with Crippen LogP contribution in [-0.4, -0.2) is 31.2 Å². The monoisotopic (exact) mass is 250 g/mol. The molecule has 0 aliphatic rings. The molecule has 0 saturated heterocycles. The largest absolute Gasteiger partial charge is 0.414 e. The van der Waals surface area contributed by atoms with E-state index in [9.17, 15) is 21.6 Å². The summed E-state index contributed by atoms with van der Waals surface area (Å²) >= 11 is 0. The van der Waals surface area contributed by atoms with Gasteiger partial charge in [0.15, 0.2) is 12.0 Å². The maximum atomic E-state index is 12.3. The first-order valence-electron chi connectivity index (χ1n) is 4.21. The lowest BCUT2D eigenvalue weighted by Gasteiger charge is -2.24. The summed E-state index contributed by atoms with van der Waals surface area (Å²) in [4.78, 5) is 0. The molecule has 0 rings (SSSR count). The lowest BCUT2D eigenvalue weighted by atomic mass is 10.0. The van der Waals surface area contributed by atoms with Gasteiger partial charge in [0.05, 0.1) is 0 Å². The highest BCUT2D eigenvalue weighted by molar-refractivity contribution is 7.85. The molecule has 0 aliphatic carbocycles. The predicted molar refractivity (Wildman–Crippen MR) is 46.8 cm³/mol. The lowest BCUT2D eigenvalue weighted by Crippen LogP contribution is -2.38. The van der Waals surface area contributed by atoms with Crippen LogP contribution >= 0.6 is 0 Å². The summed E-state index contributed by atoms with van der Waals surface area (Å²) < 4.78 is 69.9. The summed E-state index contributed by atoms with van der Waals surface area (Å²) in [5, 5.41) is 0. The SMILES string of the molecule is CCC(C)C(OCS(=O)(=O)O)C(F)(F)F. The van der Waals surface area contributed by atoms with Gasteiger partial charge in [0.25, 0.3) is 10.1 Å². The second-order valence-electron chi connectivity index (χ2n) is 3.21. The Morgan fingerprint density at radius 3 is 2.13 bits per heavy atom. The third-order valence-corrected chi connectivity index (χ3v) is 2.31. The van der Waals surface area contributed by atoms with E-state index in [0.29, 0.717) is 0 Å². The molecule has 1 N–H and O–H groups in total. The third-order valence-electron chi connectivity index (χ3n) is 1.88. The van der Waals surface area contributed by atoms with Crippen LogP contribution in [0.5, 0.6) is 0 Å². The van der Waals surface area contributed by atoms with Gasteiger partial charge in [-0.1, -0.05) is 20.3 Å². The van der Waals surface area contributed by atoms with Crippen LogP contribution in [0.4, 0.5) is 13.2 Å². The molecule has 0 saturated carbocycles. The van der Waals surface area contributed by atoms with Crippen LogP contribution in [0.25, 0.3) is 0 Å². The minimum absolute atomic E-state index is 0.190. The summed E-state index contributed by atoms with van der Waals surface area (Å²) in [5.74, 6) is -2.21. The number of hydrogen-bond donors (Lipinski definition) is 1. The van der Waals surface area contributed by atoms with E-state index >= 15 is 0 Å². The fraction of sp³-hybridized carbons (Fsp3) is 1.00.